The molecule has 1 aliphatic rings. The van der Waals surface area contributed by atoms with Crippen LogP contribution in [0, 0.1) is 29.6 Å². The van der Waals surface area contributed by atoms with Crippen LogP contribution < -0.4 is 0 Å². The van der Waals surface area contributed by atoms with Crippen molar-refractivity contribution in [2.45, 2.75) is 102 Å². The van der Waals surface area contributed by atoms with Crippen LogP contribution in [0.25, 0.3) is 0 Å². The van der Waals surface area contributed by atoms with Crippen LogP contribution in [0.1, 0.15) is 87.5 Å². The Balaban J connectivity index is 3.15. The maximum Gasteiger partial charge on any atom is 0.270 e. The fourth-order valence-electron chi connectivity index (χ4n) is 5.63. The zero-order valence-electron chi connectivity index (χ0n) is 16.9. The average molecular weight is 323 g/mol. The second-order valence-electron chi connectivity index (χ2n) is 10.0. The molecule has 1 heteroatoms. The molecule has 0 aromatic heterocycles. The molecule has 0 aromatic carbocycles. The van der Waals surface area contributed by atoms with Crippen molar-refractivity contribution < 1.29 is 0 Å². The van der Waals surface area contributed by atoms with Crippen molar-refractivity contribution in [2.75, 3.05) is 0 Å². The predicted molar refractivity (Wildman–Crippen MR) is 104 cm³/mol. The molecule has 1 heterocycles. The summed E-state index contributed by atoms with van der Waals surface area (Å²) >= 11 is -0.664. The monoisotopic (exact) mass is 322 g/mol. The molecular weight excluding hydrogens is 279 g/mol. The summed E-state index contributed by atoms with van der Waals surface area (Å²) in [6, 6.07) is 0. The summed E-state index contributed by atoms with van der Waals surface area (Å²) < 4.78 is 0.759. The minimum atomic E-state index is -0.664. The van der Waals surface area contributed by atoms with Gasteiger partial charge in [0.15, 0.2) is 0 Å². The molecule has 0 spiro atoms. The molecule has 1 unspecified atom stereocenters. The first-order valence-electron chi connectivity index (χ1n) is 10.2. The predicted octanol–water partition coefficient (Wildman–Crippen LogP) is 7.43. The van der Waals surface area contributed by atoms with E-state index in [0.717, 1.165) is 33.9 Å². The third-order valence-electron chi connectivity index (χ3n) is 5.82. The van der Waals surface area contributed by atoms with Crippen molar-refractivity contribution in [1.29, 1.82) is 0 Å². The quantitative estimate of drug-likeness (QED) is 0.408. The lowest BCUT2D eigenvalue weighted by molar-refractivity contribution is 0.196. The molecule has 1 saturated heterocycles. The van der Waals surface area contributed by atoms with Gasteiger partial charge in [-0.15, -0.1) is 0 Å². The van der Waals surface area contributed by atoms with Crippen molar-refractivity contribution in [2.24, 2.45) is 29.6 Å². The molecule has 1 fully saturated rings. The van der Waals surface area contributed by atoms with E-state index in [4.69, 9.17) is 0 Å². The highest BCUT2D eigenvalue weighted by molar-refractivity contribution is 6.62. The lowest BCUT2D eigenvalue weighted by Gasteiger charge is -2.52. The van der Waals surface area contributed by atoms with E-state index in [-0.39, 0.29) is 0 Å². The van der Waals surface area contributed by atoms with Crippen molar-refractivity contribution in [1.82, 2.24) is 0 Å². The van der Waals surface area contributed by atoms with Crippen LogP contribution >= 0.6 is 0 Å². The molecule has 0 aromatic rings. The normalized spacial score (nSPS) is 22.4. The SMILES string of the molecule is CC(C)CC1CC[CH2][Al]([CH2]C(C)C)[C]1(CC(C)C)CC(C)C. The molecular formula is C21H43Al. The van der Waals surface area contributed by atoms with Crippen LogP contribution in [0.4, 0.5) is 0 Å². The van der Waals surface area contributed by atoms with E-state index in [1.165, 1.54) is 25.7 Å². The highest BCUT2D eigenvalue weighted by Gasteiger charge is 2.50. The summed E-state index contributed by atoms with van der Waals surface area (Å²) in [5.74, 6) is 4.55. The van der Waals surface area contributed by atoms with E-state index in [9.17, 15) is 0 Å². The third kappa shape index (κ3) is 5.87. The van der Waals surface area contributed by atoms with E-state index >= 15 is 0 Å². The molecule has 0 nitrogen and oxygen atoms in total. The Kier molecular flexibility index (Phi) is 8.54. The van der Waals surface area contributed by atoms with Gasteiger partial charge in [0.2, 0.25) is 0 Å². The first-order chi connectivity index (χ1) is 10.2. The zero-order valence-corrected chi connectivity index (χ0v) is 18.1. The van der Waals surface area contributed by atoms with Gasteiger partial charge in [-0.1, -0.05) is 102 Å². The first-order valence-corrected chi connectivity index (χ1v) is 12.4. The fraction of sp³-hybridized carbons (Fsp3) is 1.00. The summed E-state index contributed by atoms with van der Waals surface area (Å²) in [6.45, 7) is 19.7. The topological polar surface area (TPSA) is 0 Å². The molecule has 0 saturated carbocycles. The lowest BCUT2D eigenvalue weighted by atomic mass is 9.73. The Bertz CT molecular complexity index is 273. The molecule has 0 bridgehead atoms. The van der Waals surface area contributed by atoms with Crippen molar-refractivity contribution in [3.8, 4) is 0 Å². The van der Waals surface area contributed by atoms with Crippen LogP contribution in [-0.2, 0) is 0 Å². The Morgan fingerprint density at radius 3 is 1.77 bits per heavy atom. The minimum absolute atomic E-state index is 0.664. The highest BCUT2D eigenvalue weighted by atomic mass is 27.2. The first kappa shape index (κ1) is 20.6. The van der Waals surface area contributed by atoms with Gasteiger partial charge in [0, 0.05) is 0 Å². The second kappa shape index (κ2) is 9.13. The van der Waals surface area contributed by atoms with Gasteiger partial charge in [-0.2, -0.15) is 0 Å². The summed E-state index contributed by atoms with van der Waals surface area (Å²) in [6.07, 6.45) is 7.59. The maximum atomic E-state index is 2.48. The molecule has 1 atom stereocenters. The highest BCUT2D eigenvalue weighted by Crippen LogP contribution is 2.58. The van der Waals surface area contributed by atoms with Crippen LogP contribution in [0.2, 0.25) is 14.8 Å². The van der Waals surface area contributed by atoms with Crippen LogP contribution in [0.5, 0.6) is 0 Å². The van der Waals surface area contributed by atoms with Gasteiger partial charge in [-0.3, -0.25) is 0 Å². The molecule has 0 N–H and O–H groups in total. The standard InChI is InChI=1S/C17H34.C4H9.Al/c1-8-9-16(10-13(2)3)17(11-14(4)5)12-15(6)7;1-4(2)3;/h13-16H,1,8-12H2,2-7H3;4H,1H2,2-3H3;. The molecule has 0 amide bonds. The van der Waals surface area contributed by atoms with Gasteiger partial charge in [-0.25, -0.2) is 0 Å². The molecule has 0 aliphatic carbocycles. The summed E-state index contributed by atoms with van der Waals surface area (Å²) in [7, 11) is 0. The molecule has 130 valence electrons. The van der Waals surface area contributed by atoms with Crippen molar-refractivity contribution in [3.63, 3.8) is 0 Å². The van der Waals surface area contributed by atoms with E-state index < -0.39 is 14.1 Å². The number of hydrogen-bond donors (Lipinski definition) is 0. The smallest absolute Gasteiger partial charge is 0.0935 e. The second-order valence-corrected chi connectivity index (χ2v) is 13.6. The van der Waals surface area contributed by atoms with Gasteiger partial charge < -0.3 is 0 Å². The Hall–Kier alpha value is 0.532. The van der Waals surface area contributed by atoms with E-state index in [1.807, 2.05) is 0 Å². The Morgan fingerprint density at radius 2 is 1.36 bits per heavy atom. The maximum absolute atomic E-state index is 2.48. The number of rotatable bonds is 8. The van der Waals surface area contributed by atoms with Gasteiger partial charge in [0.1, 0.15) is 0 Å². The van der Waals surface area contributed by atoms with Crippen molar-refractivity contribution in [3.05, 3.63) is 0 Å². The lowest BCUT2D eigenvalue weighted by Crippen LogP contribution is -2.45. The minimum Gasteiger partial charge on any atom is -0.0935 e. The third-order valence-corrected chi connectivity index (χ3v) is 11.0. The van der Waals surface area contributed by atoms with E-state index in [1.54, 1.807) is 17.0 Å². The van der Waals surface area contributed by atoms with Crippen LogP contribution in [0.15, 0.2) is 0 Å². The fourth-order valence-corrected chi connectivity index (χ4v) is 11.4. The number of hydrogen-bond acceptors (Lipinski definition) is 0. The molecule has 1 rings (SSSR count). The van der Waals surface area contributed by atoms with Gasteiger partial charge in [0.05, 0.1) is 0 Å². The summed E-state index contributed by atoms with van der Waals surface area (Å²) in [5, 5.41) is 3.22. The van der Waals surface area contributed by atoms with Crippen LogP contribution in [0.3, 0.4) is 0 Å². The average Bonchev–Trinajstić information content (AvgIpc) is 2.31. The zero-order chi connectivity index (χ0) is 16.9. The molecule has 0 radical (unpaired) electrons. The van der Waals surface area contributed by atoms with Gasteiger partial charge >= 0.3 is 0 Å². The summed E-state index contributed by atoms with van der Waals surface area (Å²) in [5.41, 5.74) is 0. The van der Waals surface area contributed by atoms with E-state index in [0.29, 0.717) is 0 Å². The van der Waals surface area contributed by atoms with E-state index in [2.05, 4.69) is 55.4 Å². The largest absolute Gasteiger partial charge is 0.270 e. The summed E-state index contributed by atoms with van der Waals surface area (Å²) in [4.78, 5) is 0. The Morgan fingerprint density at radius 1 is 0.818 bits per heavy atom. The van der Waals surface area contributed by atoms with Gasteiger partial charge in [-0.05, 0) is 30.1 Å². The van der Waals surface area contributed by atoms with Crippen molar-refractivity contribution >= 4 is 14.1 Å². The van der Waals surface area contributed by atoms with Gasteiger partial charge in [0.25, 0.3) is 14.1 Å². The molecule has 1 aliphatic heterocycles. The molecule has 22 heavy (non-hydrogen) atoms. The Labute approximate surface area is 146 Å². The van der Waals surface area contributed by atoms with Crippen LogP contribution in [-0.4, -0.2) is 14.1 Å².